The molecule has 2 nitrogen and oxygen atoms in total. The Morgan fingerprint density at radius 2 is 0.984 bits per heavy atom. The van der Waals surface area contributed by atoms with Crippen LogP contribution in [0.1, 0.15) is 25.0 Å². The van der Waals surface area contributed by atoms with Crippen LogP contribution in [0.15, 0.2) is 200 Å². The van der Waals surface area contributed by atoms with Gasteiger partial charge in [-0.3, -0.25) is 4.40 Å². The lowest BCUT2D eigenvalue weighted by atomic mass is 9.84. The summed E-state index contributed by atoms with van der Waals surface area (Å²) in [4.78, 5) is 5.17. The van der Waals surface area contributed by atoms with E-state index in [0.717, 1.165) is 34.0 Å². The van der Waals surface area contributed by atoms with Gasteiger partial charge in [0.05, 0.1) is 16.6 Å². The standard InChI is InChI=1S/C60H42N2/c1-3-13-42-34-44(28-22-38(42)4-2)40-23-26-41(27-24-40)58-49-17-7-8-18-50(49)59(47-29-25-39-14-5-6-15-43(39)35-47)54-37-46(30-32-51(54)58)45-31-33-52-53(36-45)48-16-9-11-20-56(48)62-57-21-12-10-19-55(57)61-60(52)62/h3,5-37H,4H2,1-2H3/b13-3-. The van der Waals surface area contributed by atoms with E-state index >= 15 is 0 Å². The van der Waals surface area contributed by atoms with Crippen LogP contribution in [0.5, 0.6) is 0 Å². The summed E-state index contributed by atoms with van der Waals surface area (Å²) in [7, 11) is 0. The van der Waals surface area contributed by atoms with Gasteiger partial charge in [0.1, 0.15) is 5.65 Å². The second-order valence-electron chi connectivity index (χ2n) is 16.5. The Labute approximate surface area is 360 Å². The highest BCUT2D eigenvalue weighted by molar-refractivity contribution is 6.22. The first-order chi connectivity index (χ1) is 30.6. The van der Waals surface area contributed by atoms with E-state index in [2.05, 4.69) is 225 Å². The fraction of sp³-hybridized carbons (Fsp3) is 0.0500. The fourth-order valence-corrected chi connectivity index (χ4v) is 10.1. The third-order valence-electron chi connectivity index (χ3n) is 13.0. The van der Waals surface area contributed by atoms with Gasteiger partial charge < -0.3 is 0 Å². The molecule has 2 heteroatoms. The van der Waals surface area contributed by atoms with Crippen molar-refractivity contribution in [1.82, 2.24) is 9.38 Å². The van der Waals surface area contributed by atoms with Crippen molar-refractivity contribution in [3.8, 4) is 44.5 Å². The number of hydrogen-bond acceptors (Lipinski definition) is 1. The Morgan fingerprint density at radius 1 is 0.419 bits per heavy atom. The van der Waals surface area contributed by atoms with Crippen molar-refractivity contribution >= 4 is 76.7 Å². The molecular weight excluding hydrogens is 749 g/mol. The summed E-state index contributed by atoms with van der Waals surface area (Å²) >= 11 is 0. The molecule has 0 bridgehead atoms. The zero-order valence-corrected chi connectivity index (χ0v) is 34.7. The average Bonchev–Trinajstić information content (AvgIpc) is 3.73. The van der Waals surface area contributed by atoms with Crippen molar-refractivity contribution in [1.29, 1.82) is 0 Å². The molecule has 62 heavy (non-hydrogen) atoms. The molecule has 0 saturated carbocycles. The number of fused-ring (bicyclic) bond motifs is 11. The van der Waals surface area contributed by atoms with Crippen LogP contribution >= 0.6 is 0 Å². The summed E-state index contributed by atoms with van der Waals surface area (Å²) in [5, 5.41) is 11.0. The van der Waals surface area contributed by atoms with Gasteiger partial charge in [0.2, 0.25) is 0 Å². The Morgan fingerprint density at radius 3 is 1.76 bits per heavy atom. The van der Waals surface area contributed by atoms with E-state index in [1.54, 1.807) is 0 Å². The Hall–Kier alpha value is -7.81. The van der Waals surface area contributed by atoms with E-state index in [-0.39, 0.29) is 0 Å². The number of aromatic nitrogens is 2. The molecule has 0 fully saturated rings. The number of imidazole rings is 1. The number of allylic oxidation sites excluding steroid dienone is 1. The molecule has 0 atom stereocenters. The molecule has 10 aromatic carbocycles. The fourth-order valence-electron chi connectivity index (χ4n) is 10.1. The molecule has 0 unspecified atom stereocenters. The highest BCUT2D eigenvalue weighted by atomic mass is 15.0. The predicted molar refractivity (Wildman–Crippen MR) is 266 cm³/mol. The number of pyridine rings is 1. The van der Waals surface area contributed by atoms with Gasteiger partial charge in [-0.25, -0.2) is 4.98 Å². The van der Waals surface area contributed by atoms with Crippen molar-refractivity contribution in [2.24, 2.45) is 0 Å². The lowest BCUT2D eigenvalue weighted by molar-refractivity contribution is 1.13. The van der Waals surface area contributed by atoms with Crippen molar-refractivity contribution in [3.05, 3.63) is 211 Å². The topological polar surface area (TPSA) is 17.3 Å². The minimum Gasteiger partial charge on any atom is -0.292 e. The summed E-state index contributed by atoms with van der Waals surface area (Å²) < 4.78 is 2.32. The van der Waals surface area contributed by atoms with E-state index < -0.39 is 0 Å². The lowest BCUT2D eigenvalue weighted by Crippen LogP contribution is -1.93. The summed E-state index contributed by atoms with van der Waals surface area (Å²) in [5.74, 6) is 0. The van der Waals surface area contributed by atoms with Crippen LogP contribution in [0.2, 0.25) is 0 Å². The van der Waals surface area contributed by atoms with Crippen LogP contribution in [-0.2, 0) is 6.42 Å². The molecular formula is C60H42N2. The van der Waals surface area contributed by atoms with Gasteiger partial charge in [0.15, 0.2) is 0 Å². The molecule has 292 valence electrons. The molecule has 0 aliphatic rings. The quantitative estimate of drug-likeness (QED) is 0.121. The molecule has 2 heterocycles. The van der Waals surface area contributed by atoms with Gasteiger partial charge in [0.25, 0.3) is 0 Å². The number of benzene rings is 10. The van der Waals surface area contributed by atoms with Gasteiger partial charge >= 0.3 is 0 Å². The first kappa shape index (κ1) is 36.1. The maximum Gasteiger partial charge on any atom is 0.146 e. The molecule has 12 aromatic rings. The predicted octanol–water partition coefficient (Wildman–Crippen LogP) is 16.5. The first-order valence-electron chi connectivity index (χ1n) is 21.7. The molecule has 12 rings (SSSR count). The molecule has 0 amide bonds. The summed E-state index contributed by atoms with van der Waals surface area (Å²) in [5.41, 5.74) is 16.7. The van der Waals surface area contributed by atoms with E-state index in [1.807, 2.05) is 0 Å². The van der Waals surface area contributed by atoms with E-state index in [0.29, 0.717) is 0 Å². The van der Waals surface area contributed by atoms with Crippen molar-refractivity contribution in [2.75, 3.05) is 0 Å². The van der Waals surface area contributed by atoms with Crippen LogP contribution in [-0.4, -0.2) is 9.38 Å². The van der Waals surface area contributed by atoms with E-state index in [4.69, 9.17) is 4.98 Å². The van der Waals surface area contributed by atoms with Gasteiger partial charge in [0, 0.05) is 10.8 Å². The summed E-state index contributed by atoms with van der Waals surface area (Å²) in [6.07, 6.45) is 5.37. The normalized spacial score (nSPS) is 12.0. The van der Waals surface area contributed by atoms with Crippen LogP contribution < -0.4 is 0 Å². The number of aryl methyl sites for hydroxylation is 1. The number of nitrogens with zero attached hydrogens (tertiary/aromatic N) is 2. The second kappa shape index (κ2) is 14.4. The van der Waals surface area contributed by atoms with Gasteiger partial charge in [-0.05, 0) is 155 Å². The smallest absolute Gasteiger partial charge is 0.146 e. The van der Waals surface area contributed by atoms with Gasteiger partial charge in [-0.2, -0.15) is 0 Å². The summed E-state index contributed by atoms with van der Waals surface area (Å²) in [6, 6.07) is 71.9. The van der Waals surface area contributed by atoms with Crippen LogP contribution in [0, 0.1) is 0 Å². The molecule has 2 aromatic heterocycles. The average molecular weight is 791 g/mol. The van der Waals surface area contributed by atoms with Crippen LogP contribution in [0.25, 0.3) is 121 Å². The number of rotatable bonds is 6. The minimum absolute atomic E-state index is 0.988. The molecule has 0 aliphatic heterocycles. The zero-order valence-electron chi connectivity index (χ0n) is 34.7. The largest absolute Gasteiger partial charge is 0.292 e. The minimum atomic E-state index is 0.988. The monoisotopic (exact) mass is 790 g/mol. The van der Waals surface area contributed by atoms with Crippen LogP contribution in [0.3, 0.4) is 0 Å². The third-order valence-corrected chi connectivity index (χ3v) is 13.0. The third kappa shape index (κ3) is 5.68. The number of para-hydroxylation sites is 3. The van der Waals surface area contributed by atoms with Crippen LogP contribution in [0.4, 0.5) is 0 Å². The zero-order chi connectivity index (χ0) is 41.3. The van der Waals surface area contributed by atoms with Crippen molar-refractivity contribution in [3.63, 3.8) is 0 Å². The maximum atomic E-state index is 5.17. The van der Waals surface area contributed by atoms with E-state index in [9.17, 15) is 0 Å². The molecule has 0 radical (unpaired) electrons. The van der Waals surface area contributed by atoms with Gasteiger partial charge in [-0.15, -0.1) is 0 Å². The first-order valence-corrected chi connectivity index (χ1v) is 21.7. The summed E-state index contributed by atoms with van der Waals surface area (Å²) in [6.45, 7) is 4.32. The highest BCUT2D eigenvalue weighted by Crippen LogP contribution is 2.46. The Balaban J connectivity index is 1.09. The second-order valence-corrected chi connectivity index (χ2v) is 16.5. The molecule has 0 N–H and O–H groups in total. The maximum absolute atomic E-state index is 5.17. The Bertz CT molecular complexity index is 3790. The number of hydrogen-bond donors (Lipinski definition) is 0. The Kier molecular flexibility index (Phi) is 8.40. The molecule has 0 saturated heterocycles. The van der Waals surface area contributed by atoms with Crippen molar-refractivity contribution in [2.45, 2.75) is 20.3 Å². The van der Waals surface area contributed by atoms with E-state index in [1.165, 1.54) is 98.7 Å². The van der Waals surface area contributed by atoms with Crippen molar-refractivity contribution < 1.29 is 0 Å². The highest BCUT2D eigenvalue weighted by Gasteiger charge is 2.19. The SMILES string of the molecule is C/C=C\c1cc(-c2ccc(-c3c4ccccc4c(-c4ccc5ccccc5c4)c4cc(-c5ccc6c(c5)c5ccccc5n5c7ccccc7nc65)ccc34)cc2)ccc1CC. The molecule has 0 spiro atoms. The molecule has 0 aliphatic carbocycles. The van der Waals surface area contributed by atoms with Gasteiger partial charge in [-0.1, -0.05) is 165 Å². The lowest BCUT2D eigenvalue weighted by Gasteiger charge is -2.19.